The van der Waals surface area contributed by atoms with Crippen LogP contribution >= 0.6 is 0 Å². The van der Waals surface area contributed by atoms with Crippen LogP contribution in [0.5, 0.6) is 0 Å². The quantitative estimate of drug-likeness (QED) is 0.871. The van der Waals surface area contributed by atoms with Gasteiger partial charge >= 0.3 is 0 Å². The SMILES string of the molecule is C=C(NC1=NCCCN1)c1ccc(C)c(C2CC2)c1. The Morgan fingerprint density at radius 2 is 2.26 bits per heavy atom. The Hall–Kier alpha value is -1.77. The molecule has 100 valence electrons. The summed E-state index contributed by atoms with van der Waals surface area (Å²) in [6, 6.07) is 6.62. The smallest absolute Gasteiger partial charge is 0.195 e. The first-order chi connectivity index (χ1) is 9.24. The Kier molecular flexibility index (Phi) is 3.28. The van der Waals surface area contributed by atoms with Gasteiger partial charge in [-0.2, -0.15) is 0 Å². The van der Waals surface area contributed by atoms with E-state index in [1.54, 1.807) is 0 Å². The molecule has 3 heteroatoms. The summed E-state index contributed by atoms with van der Waals surface area (Å²) in [5.41, 5.74) is 4.98. The lowest BCUT2D eigenvalue weighted by molar-refractivity contribution is 0.726. The normalized spacial score (nSPS) is 18.5. The van der Waals surface area contributed by atoms with Gasteiger partial charge in [0.2, 0.25) is 0 Å². The molecular formula is C16H21N3. The summed E-state index contributed by atoms with van der Waals surface area (Å²) in [4.78, 5) is 4.42. The summed E-state index contributed by atoms with van der Waals surface area (Å²) < 4.78 is 0. The molecule has 1 fully saturated rings. The van der Waals surface area contributed by atoms with Gasteiger partial charge in [-0.3, -0.25) is 4.99 Å². The highest BCUT2D eigenvalue weighted by Crippen LogP contribution is 2.42. The predicted molar refractivity (Wildman–Crippen MR) is 80.2 cm³/mol. The zero-order chi connectivity index (χ0) is 13.2. The van der Waals surface area contributed by atoms with E-state index < -0.39 is 0 Å². The molecule has 1 aliphatic heterocycles. The minimum Gasteiger partial charge on any atom is -0.356 e. The van der Waals surface area contributed by atoms with Gasteiger partial charge in [0.25, 0.3) is 0 Å². The summed E-state index contributed by atoms with van der Waals surface area (Å²) in [5.74, 6) is 1.63. The van der Waals surface area contributed by atoms with E-state index in [0.29, 0.717) is 0 Å². The van der Waals surface area contributed by atoms with Crippen LogP contribution in [0.15, 0.2) is 29.8 Å². The topological polar surface area (TPSA) is 36.4 Å². The molecule has 0 spiro atoms. The molecule has 2 aliphatic rings. The lowest BCUT2D eigenvalue weighted by Crippen LogP contribution is -2.39. The number of nitrogens with one attached hydrogen (secondary N) is 2. The number of aliphatic imine (C=N–C) groups is 1. The number of hydrogen-bond acceptors (Lipinski definition) is 3. The molecule has 1 aromatic carbocycles. The molecule has 2 N–H and O–H groups in total. The molecule has 0 aromatic heterocycles. The molecule has 1 aliphatic carbocycles. The van der Waals surface area contributed by atoms with Crippen LogP contribution in [0.1, 0.15) is 41.9 Å². The van der Waals surface area contributed by atoms with E-state index in [1.807, 2.05) is 0 Å². The number of benzene rings is 1. The van der Waals surface area contributed by atoms with E-state index in [-0.39, 0.29) is 0 Å². The molecule has 0 radical (unpaired) electrons. The second-order valence-corrected chi connectivity index (χ2v) is 5.46. The standard InChI is InChI=1S/C16H21N3/c1-11-4-5-14(10-15(11)13-6-7-13)12(2)19-16-17-8-3-9-18-16/h4-5,10,13H,2-3,6-9H2,1H3,(H2,17,18,19). The summed E-state index contributed by atoms with van der Waals surface area (Å²) in [7, 11) is 0. The third-order valence-electron chi connectivity index (χ3n) is 3.81. The van der Waals surface area contributed by atoms with Gasteiger partial charge in [0.15, 0.2) is 5.96 Å². The Balaban J connectivity index is 1.75. The minimum atomic E-state index is 0.776. The van der Waals surface area contributed by atoms with Gasteiger partial charge in [0.1, 0.15) is 0 Å². The van der Waals surface area contributed by atoms with E-state index in [2.05, 4.69) is 47.3 Å². The van der Waals surface area contributed by atoms with Crippen molar-refractivity contribution in [2.75, 3.05) is 13.1 Å². The van der Waals surface area contributed by atoms with Crippen LogP contribution in [-0.2, 0) is 0 Å². The molecule has 1 heterocycles. The fraction of sp³-hybridized carbons (Fsp3) is 0.438. The zero-order valence-corrected chi connectivity index (χ0v) is 11.5. The van der Waals surface area contributed by atoms with Crippen LogP contribution in [-0.4, -0.2) is 19.0 Å². The van der Waals surface area contributed by atoms with Crippen molar-refractivity contribution in [1.82, 2.24) is 10.6 Å². The second kappa shape index (κ2) is 5.08. The van der Waals surface area contributed by atoms with Gasteiger partial charge in [0.05, 0.1) is 0 Å². The average molecular weight is 255 g/mol. The van der Waals surface area contributed by atoms with Crippen LogP contribution in [0, 0.1) is 6.92 Å². The van der Waals surface area contributed by atoms with E-state index >= 15 is 0 Å². The molecule has 0 atom stereocenters. The molecular weight excluding hydrogens is 234 g/mol. The third kappa shape index (κ3) is 2.80. The summed E-state index contributed by atoms with van der Waals surface area (Å²) in [6.45, 7) is 8.21. The van der Waals surface area contributed by atoms with Gasteiger partial charge in [-0.15, -0.1) is 0 Å². The van der Waals surface area contributed by atoms with Crippen LogP contribution in [0.25, 0.3) is 5.70 Å². The van der Waals surface area contributed by atoms with E-state index in [0.717, 1.165) is 37.1 Å². The largest absolute Gasteiger partial charge is 0.356 e. The lowest BCUT2D eigenvalue weighted by atomic mass is 10.00. The highest BCUT2D eigenvalue weighted by Gasteiger charge is 2.25. The van der Waals surface area contributed by atoms with Crippen LogP contribution in [0.4, 0.5) is 0 Å². The van der Waals surface area contributed by atoms with Gasteiger partial charge in [0, 0.05) is 18.8 Å². The molecule has 19 heavy (non-hydrogen) atoms. The fourth-order valence-corrected chi connectivity index (χ4v) is 2.49. The fourth-order valence-electron chi connectivity index (χ4n) is 2.49. The highest BCUT2D eigenvalue weighted by atomic mass is 15.2. The van der Waals surface area contributed by atoms with Crippen molar-refractivity contribution in [3.8, 4) is 0 Å². The molecule has 0 unspecified atom stereocenters. The Bertz CT molecular complexity index is 527. The van der Waals surface area contributed by atoms with Crippen molar-refractivity contribution in [3.05, 3.63) is 41.5 Å². The summed E-state index contributed by atoms with van der Waals surface area (Å²) in [5, 5.41) is 6.54. The second-order valence-electron chi connectivity index (χ2n) is 5.46. The first-order valence-corrected chi connectivity index (χ1v) is 7.09. The van der Waals surface area contributed by atoms with Crippen molar-refractivity contribution in [3.63, 3.8) is 0 Å². The van der Waals surface area contributed by atoms with Crippen molar-refractivity contribution in [1.29, 1.82) is 0 Å². The molecule has 0 amide bonds. The Morgan fingerprint density at radius 3 is 2.95 bits per heavy atom. The number of hydrogen-bond donors (Lipinski definition) is 2. The van der Waals surface area contributed by atoms with Gasteiger partial charge < -0.3 is 10.6 Å². The van der Waals surface area contributed by atoms with Crippen molar-refractivity contribution < 1.29 is 0 Å². The van der Waals surface area contributed by atoms with Gasteiger partial charge in [-0.25, -0.2) is 0 Å². The van der Waals surface area contributed by atoms with Gasteiger partial charge in [-0.1, -0.05) is 18.7 Å². The highest BCUT2D eigenvalue weighted by molar-refractivity contribution is 5.89. The summed E-state index contributed by atoms with van der Waals surface area (Å²) >= 11 is 0. The molecule has 0 bridgehead atoms. The van der Waals surface area contributed by atoms with E-state index in [4.69, 9.17) is 0 Å². The maximum atomic E-state index is 4.42. The number of guanidine groups is 1. The molecule has 3 rings (SSSR count). The Labute approximate surface area is 114 Å². The maximum absolute atomic E-state index is 4.42. The minimum absolute atomic E-state index is 0.776. The number of aryl methyl sites for hydroxylation is 1. The summed E-state index contributed by atoms with van der Waals surface area (Å²) in [6.07, 6.45) is 3.77. The monoisotopic (exact) mass is 255 g/mol. The Morgan fingerprint density at radius 1 is 1.42 bits per heavy atom. The molecule has 3 nitrogen and oxygen atoms in total. The van der Waals surface area contributed by atoms with E-state index in [9.17, 15) is 0 Å². The van der Waals surface area contributed by atoms with Crippen molar-refractivity contribution in [2.45, 2.75) is 32.1 Å². The molecule has 1 aromatic rings. The zero-order valence-electron chi connectivity index (χ0n) is 11.5. The maximum Gasteiger partial charge on any atom is 0.195 e. The molecule has 0 saturated heterocycles. The van der Waals surface area contributed by atoms with Crippen LogP contribution in [0.3, 0.4) is 0 Å². The average Bonchev–Trinajstić information content (AvgIpc) is 3.24. The third-order valence-corrected chi connectivity index (χ3v) is 3.81. The number of nitrogens with zero attached hydrogens (tertiary/aromatic N) is 1. The van der Waals surface area contributed by atoms with Crippen molar-refractivity contribution in [2.24, 2.45) is 4.99 Å². The van der Waals surface area contributed by atoms with E-state index in [1.165, 1.54) is 29.5 Å². The van der Waals surface area contributed by atoms with Crippen LogP contribution < -0.4 is 10.6 Å². The van der Waals surface area contributed by atoms with Crippen molar-refractivity contribution >= 4 is 11.7 Å². The lowest BCUT2D eigenvalue weighted by Gasteiger charge is -2.18. The number of rotatable bonds is 3. The first kappa shape index (κ1) is 12.3. The van der Waals surface area contributed by atoms with Gasteiger partial charge in [-0.05, 0) is 54.9 Å². The molecule has 1 saturated carbocycles. The van der Waals surface area contributed by atoms with Crippen LogP contribution in [0.2, 0.25) is 0 Å². The first-order valence-electron chi connectivity index (χ1n) is 7.09. The predicted octanol–water partition coefficient (Wildman–Crippen LogP) is 2.78.